The SMILES string of the molecule is C=CC(=O)OC[N+](C)(C)C(C)CCS(=O)(=O)O. The van der Waals surface area contributed by atoms with Gasteiger partial charge in [-0.2, -0.15) is 8.42 Å². The minimum absolute atomic E-state index is 0.0745. The summed E-state index contributed by atoms with van der Waals surface area (Å²) in [7, 11) is -0.328. The zero-order valence-electron chi connectivity index (χ0n) is 10.4. The van der Waals surface area contributed by atoms with E-state index in [9.17, 15) is 13.2 Å². The van der Waals surface area contributed by atoms with Gasteiger partial charge in [-0.1, -0.05) is 6.58 Å². The van der Waals surface area contributed by atoms with Crippen LogP contribution in [0.1, 0.15) is 13.3 Å². The molecule has 1 unspecified atom stereocenters. The second-order valence-electron chi connectivity index (χ2n) is 4.50. The molecule has 0 amide bonds. The van der Waals surface area contributed by atoms with E-state index in [4.69, 9.17) is 9.29 Å². The highest BCUT2D eigenvalue weighted by atomic mass is 32.2. The van der Waals surface area contributed by atoms with E-state index in [1.54, 1.807) is 0 Å². The van der Waals surface area contributed by atoms with Crippen LogP contribution < -0.4 is 0 Å². The van der Waals surface area contributed by atoms with Gasteiger partial charge in [0.05, 0.1) is 25.9 Å². The summed E-state index contributed by atoms with van der Waals surface area (Å²) in [5.74, 6) is -0.816. The van der Waals surface area contributed by atoms with E-state index in [1.165, 1.54) is 0 Å². The molecule has 0 fully saturated rings. The zero-order chi connectivity index (χ0) is 13.7. The Morgan fingerprint density at radius 1 is 1.53 bits per heavy atom. The van der Waals surface area contributed by atoms with Gasteiger partial charge in [0.2, 0.25) is 6.73 Å². The Balaban J connectivity index is 4.29. The van der Waals surface area contributed by atoms with Gasteiger partial charge in [0.1, 0.15) is 0 Å². The van der Waals surface area contributed by atoms with Crippen molar-refractivity contribution >= 4 is 16.1 Å². The predicted octanol–water partition coefficient (Wildman–Crippen LogP) is 0.416. The van der Waals surface area contributed by atoms with E-state index in [2.05, 4.69) is 6.58 Å². The Morgan fingerprint density at radius 3 is 2.47 bits per heavy atom. The van der Waals surface area contributed by atoms with E-state index in [0.717, 1.165) is 6.08 Å². The minimum Gasteiger partial charge on any atom is -0.412 e. The summed E-state index contributed by atoms with van der Waals surface area (Å²) in [4.78, 5) is 10.9. The van der Waals surface area contributed by atoms with Gasteiger partial charge in [0, 0.05) is 12.5 Å². The summed E-state index contributed by atoms with van der Waals surface area (Å²) < 4.78 is 35.1. The highest BCUT2D eigenvalue weighted by molar-refractivity contribution is 7.85. The van der Waals surface area contributed by atoms with Crippen LogP contribution in [0.4, 0.5) is 0 Å². The van der Waals surface area contributed by atoms with Crippen molar-refractivity contribution in [2.75, 3.05) is 26.6 Å². The molecule has 6 nitrogen and oxygen atoms in total. The van der Waals surface area contributed by atoms with Crippen LogP contribution in [0.25, 0.3) is 0 Å². The standard InChI is InChI=1S/C10H19NO5S/c1-5-10(12)16-8-11(3,4)9(2)6-7-17(13,14)15/h5,9H,1,6-8H2,2-4H3/p+1. The monoisotopic (exact) mass is 266 g/mol. The third-order valence-electron chi connectivity index (χ3n) is 2.69. The molecule has 0 aliphatic rings. The number of esters is 1. The van der Waals surface area contributed by atoms with E-state index in [-0.39, 0.29) is 24.9 Å². The largest absolute Gasteiger partial charge is 0.412 e. The van der Waals surface area contributed by atoms with E-state index in [0.29, 0.717) is 4.48 Å². The molecule has 1 N–H and O–H groups in total. The fourth-order valence-corrected chi connectivity index (χ4v) is 1.72. The Kier molecular flexibility index (Phi) is 5.80. The lowest BCUT2D eigenvalue weighted by molar-refractivity contribution is -0.929. The van der Waals surface area contributed by atoms with Crippen LogP contribution in [-0.2, 0) is 19.6 Å². The normalized spacial score (nSPS) is 14.1. The molecule has 100 valence electrons. The van der Waals surface area contributed by atoms with Crippen molar-refractivity contribution in [2.24, 2.45) is 0 Å². The summed E-state index contributed by atoms with van der Waals surface area (Å²) in [6.07, 6.45) is 1.36. The number of carbonyl (C=O) groups excluding carboxylic acids is 1. The van der Waals surface area contributed by atoms with Crippen molar-refractivity contribution in [1.82, 2.24) is 0 Å². The second kappa shape index (κ2) is 6.13. The summed E-state index contributed by atoms with van der Waals surface area (Å²) in [5.41, 5.74) is 0. The molecule has 7 heteroatoms. The minimum atomic E-state index is -3.95. The highest BCUT2D eigenvalue weighted by Crippen LogP contribution is 2.11. The second-order valence-corrected chi connectivity index (χ2v) is 6.07. The first-order valence-electron chi connectivity index (χ1n) is 5.15. The number of nitrogens with zero attached hydrogens (tertiary/aromatic N) is 1. The number of ether oxygens (including phenoxy) is 1. The summed E-state index contributed by atoms with van der Waals surface area (Å²) >= 11 is 0. The van der Waals surface area contributed by atoms with Gasteiger partial charge in [-0.3, -0.25) is 9.04 Å². The average molecular weight is 266 g/mol. The molecule has 0 saturated heterocycles. The molecule has 0 radical (unpaired) electrons. The molecule has 0 aromatic carbocycles. The van der Waals surface area contributed by atoms with Crippen molar-refractivity contribution in [3.05, 3.63) is 12.7 Å². The van der Waals surface area contributed by atoms with E-state index in [1.807, 2.05) is 21.0 Å². The molecule has 1 atom stereocenters. The topological polar surface area (TPSA) is 80.7 Å². The molecular weight excluding hydrogens is 246 g/mol. The first-order chi connectivity index (χ1) is 7.58. The molecule has 0 aliphatic carbocycles. The number of quaternary nitrogens is 1. The lowest BCUT2D eigenvalue weighted by Crippen LogP contribution is -2.49. The Bertz CT molecular complexity index is 374. The summed E-state index contributed by atoms with van der Waals surface area (Å²) in [5, 5.41) is 0. The molecular formula is C10H20NO5S+. The molecule has 0 aromatic heterocycles. The molecule has 17 heavy (non-hydrogen) atoms. The fraction of sp³-hybridized carbons (Fsp3) is 0.700. The van der Waals surface area contributed by atoms with Crippen LogP contribution in [0.15, 0.2) is 12.7 Å². The number of carbonyl (C=O) groups is 1. The average Bonchev–Trinajstić information content (AvgIpc) is 2.21. The third kappa shape index (κ3) is 7.09. The number of rotatable bonds is 7. The van der Waals surface area contributed by atoms with Gasteiger partial charge in [-0.05, 0) is 6.92 Å². The van der Waals surface area contributed by atoms with Gasteiger partial charge in [0.25, 0.3) is 10.1 Å². The Labute approximate surface area is 102 Å². The fourth-order valence-electron chi connectivity index (χ4n) is 1.09. The van der Waals surface area contributed by atoms with Crippen LogP contribution in [0, 0.1) is 0 Å². The number of hydrogen-bond donors (Lipinski definition) is 1. The zero-order valence-corrected chi connectivity index (χ0v) is 11.2. The highest BCUT2D eigenvalue weighted by Gasteiger charge is 2.26. The lowest BCUT2D eigenvalue weighted by Gasteiger charge is -2.34. The quantitative estimate of drug-likeness (QED) is 0.237. The first-order valence-corrected chi connectivity index (χ1v) is 6.76. The summed E-state index contributed by atoms with van der Waals surface area (Å²) in [6, 6.07) is -0.0745. The van der Waals surface area contributed by atoms with E-state index < -0.39 is 16.1 Å². The van der Waals surface area contributed by atoms with Crippen molar-refractivity contribution in [3.63, 3.8) is 0 Å². The molecule has 0 saturated carbocycles. The maximum Gasteiger partial charge on any atom is 0.334 e. The van der Waals surface area contributed by atoms with Crippen molar-refractivity contribution in [3.8, 4) is 0 Å². The van der Waals surface area contributed by atoms with Crippen LogP contribution in [0.3, 0.4) is 0 Å². The van der Waals surface area contributed by atoms with Gasteiger partial charge in [-0.15, -0.1) is 0 Å². The van der Waals surface area contributed by atoms with Crippen molar-refractivity contribution in [2.45, 2.75) is 19.4 Å². The molecule has 0 aromatic rings. The first kappa shape index (κ1) is 16.1. The van der Waals surface area contributed by atoms with E-state index >= 15 is 0 Å². The smallest absolute Gasteiger partial charge is 0.334 e. The molecule has 0 rings (SSSR count). The maximum atomic E-state index is 10.9. The summed E-state index contributed by atoms with van der Waals surface area (Å²) in [6.45, 7) is 5.23. The lowest BCUT2D eigenvalue weighted by atomic mass is 10.2. The van der Waals surface area contributed by atoms with Gasteiger partial charge >= 0.3 is 5.97 Å². The number of hydrogen-bond acceptors (Lipinski definition) is 4. The molecule has 0 bridgehead atoms. The molecule has 0 heterocycles. The van der Waals surface area contributed by atoms with Gasteiger partial charge in [0.15, 0.2) is 0 Å². The molecule has 0 spiro atoms. The van der Waals surface area contributed by atoms with Crippen LogP contribution in [0.5, 0.6) is 0 Å². The van der Waals surface area contributed by atoms with Gasteiger partial charge in [-0.25, -0.2) is 4.79 Å². The Morgan fingerprint density at radius 2 is 2.06 bits per heavy atom. The van der Waals surface area contributed by atoms with Crippen molar-refractivity contribution in [1.29, 1.82) is 0 Å². The predicted molar refractivity (Wildman–Crippen MR) is 63.8 cm³/mol. The Hall–Kier alpha value is -0.920. The molecule has 0 aliphatic heterocycles. The third-order valence-corrected chi connectivity index (χ3v) is 3.44. The van der Waals surface area contributed by atoms with Crippen LogP contribution >= 0.6 is 0 Å². The van der Waals surface area contributed by atoms with Crippen LogP contribution in [-0.4, -0.2) is 56.0 Å². The van der Waals surface area contributed by atoms with Crippen LogP contribution in [0.2, 0.25) is 0 Å². The van der Waals surface area contributed by atoms with Crippen molar-refractivity contribution < 1.29 is 27.0 Å². The van der Waals surface area contributed by atoms with Gasteiger partial charge < -0.3 is 4.74 Å². The maximum absolute atomic E-state index is 10.9.